The van der Waals surface area contributed by atoms with Gasteiger partial charge in [0.15, 0.2) is 10.9 Å². The summed E-state index contributed by atoms with van der Waals surface area (Å²) in [6.07, 6.45) is 10.2. The standard InChI is InChI=1S/C18H18N6OS2/c1-12-22-13(11-27-12)4-5-15(25)24-9-2-3-14(24)16-17(20-7-6-19-16)23-18-21-8-10-26-18/h4-8,10-11,14H,2-3,9H2,1H3,(H,20,21,23)/b5-4+/t14-/m1/s1. The maximum atomic E-state index is 12.8. The van der Waals surface area contributed by atoms with Crippen LogP contribution in [0.4, 0.5) is 10.9 Å². The van der Waals surface area contributed by atoms with Gasteiger partial charge in [0.25, 0.3) is 0 Å². The quantitative estimate of drug-likeness (QED) is 0.658. The van der Waals surface area contributed by atoms with E-state index in [-0.39, 0.29) is 11.9 Å². The van der Waals surface area contributed by atoms with Crippen molar-refractivity contribution in [2.45, 2.75) is 25.8 Å². The Labute approximate surface area is 164 Å². The number of carbonyl (C=O) groups excluding carboxylic acids is 1. The highest BCUT2D eigenvalue weighted by Crippen LogP contribution is 2.35. The molecule has 0 saturated carbocycles. The number of hydrogen-bond acceptors (Lipinski definition) is 8. The molecule has 0 unspecified atom stereocenters. The summed E-state index contributed by atoms with van der Waals surface area (Å²) in [5, 5.41) is 8.80. The van der Waals surface area contributed by atoms with E-state index in [4.69, 9.17) is 0 Å². The second kappa shape index (κ2) is 7.93. The number of carbonyl (C=O) groups is 1. The van der Waals surface area contributed by atoms with Crippen LogP contribution in [-0.4, -0.2) is 37.3 Å². The first kappa shape index (κ1) is 17.7. The van der Waals surface area contributed by atoms with Crippen molar-refractivity contribution in [2.75, 3.05) is 11.9 Å². The van der Waals surface area contributed by atoms with Crippen LogP contribution in [0.15, 0.2) is 35.4 Å². The molecule has 1 atom stereocenters. The smallest absolute Gasteiger partial charge is 0.247 e. The Morgan fingerprint density at radius 3 is 2.93 bits per heavy atom. The molecule has 0 radical (unpaired) electrons. The molecule has 0 aliphatic carbocycles. The average Bonchev–Trinajstić information content (AvgIpc) is 3.42. The normalized spacial score (nSPS) is 16.9. The first-order valence-corrected chi connectivity index (χ1v) is 10.3. The van der Waals surface area contributed by atoms with Gasteiger partial charge in [-0.05, 0) is 25.8 Å². The lowest BCUT2D eigenvalue weighted by Gasteiger charge is -2.24. The molecule has 1 saturated heterocycles. The van der Waals surface area contributed by atoms with Gasteiger partial charge < -0.3 is 10.2 Å². The summed E-state index contributed by atoms with van der Waals surface area (Å²) in [7, 11) is 0. The van der Waals surface area contributed by atoms with Crippen molar-refractivity contribution in [1.29, 1.82) is 0 Å². The van der Waals surface area contributed by atoms with Crippen molar-refractivity contribution in [3.05, 3.63) is 51.8 Å². The van der Waals surface area contributed by atoms with Crippen LogP contribution in [0, 0.1) is 6.92 Å². The van der Waals surface area contributed by atoms with E-state index in [1.54, 1.807) is 42.1 Å². The van der Waals surface area contributed by atoms with Gasteiger partial charge in [-0.25, -0.2) is 15.0 Å². The Bertz CT molecular complexity index is 952. The SMILES string of the molecule is Cc1nc(/C=C/C(=O)N2CCC[C@@H]2c2nccnc2Nc2nccs2)cs1. The van der Waals surface area contributed by atoms with Crippen molar-refractivity contribution in [2.24, 2.45) is 0 Å². The fourth-order valence-electron chi connectivity index (χ4n) is 3.10. The van der Waals surface area contributed by atoms with E-state index < -0.39 is 0 Å². The van der Waals surface area contributed by atoms with E-state index in [1.807, 2.05) is 22.6 Å². The van der Waals surface area contributed by atoms with Gasteiger partial charge >= 0.3 is 0 Å². The molecular weight excluding hydrogens is 380 g/mol. The van der Waals surface area contributed by atoms with Crippen molar-refractivity contribution < 1.29 is 4.79 Å². The average molecular weight is 399 g/mol. The van der Waals surface area contributed by atoms with Crippen LogP contribution in [0.1, 0.15) is 35.3 Å². The zero-order valence-corrected chi connectivity index (χ0v) is 16.3. The number of nitrogens with one attached hydrogen (secondary N) is 1. The number of nitrogens with zero attached hydrogens (tertiary/aromatic N) is 5. The van der Waals surface area contributed by atoms with Crippen LogP contribution in [0.2, 0.25) is 0 Å². The second-order valence-electron chi connectivity index (χ2n) is 6.07. The maximum Gasteiger partial charge on any atom is 0.247 e. The van der Waals surface area contributed by atoms with Crippen LogP contribution in [0.25, 0.3) is 6.08 Å². The van der Waals surface area contributed by atoms with Gasteiger partial charge in [-0.2, -0.15) is 0 Å². The van der Waals surface area contributed by atoms with Crippen molar-refractivity contribution in [3.63, 3.8) is 0 Å². The Hall–Kier alpha value is -2.65. The third kappa shape index (κ3) is 4.04. The van der Waals surface area contributed by atoms with Crippen LogP contribution in [0.3, 0.4) is 0 Å². The number of hydrogen-bond donors (Lipinski definition) is 1. The predicted molar refractivity (Wildman–Crippen MR) is 107 cm³/mol. The van der Waals surface area contributed by atoms with E-state index >= 15 is 0 Å². The number of amides is 1. The van der Waals surface area contributed by atoms with Gasteiger partial charge in [-0.15, -0.1) is 22.7 Å². The first-order chi connectivity index (χ1) is 13.2. The third-order valence-electron chi connectivity index (χ3n) is 4.27. The molecule has 3 aromatic heterocycles. The number of aryl methyl sites for hydroxylation is 1. The van der Waals surface area contributed by atoms with E-state index in [1.165, 1.54) is 11.3 Å². The fraction of sp³-hybridized carbons (Fsp3) is 0.278. The molecule has 9 heteroatoms. The summed E-state index contributed by atoms with van der Waals surface area (Å²) in [5.74, 6) is 0.616. The monoisotopic (exact) mass is 398 g/mol. The van der Waals surface area contributed by atoms with Crippen LogP contribution >= 0.6 is 22.7 Å². The maximum absolute atomic E-state index is 12.8. The molecule has 1 amide bonds. The van der Waals surface area contributed by atoms with Gasteiger partial charge in [-0.3, -0.25) is 9.78 Å². The summed E-state index contributed by atoms with van der Waals surface area (Å²) >= 11 is 3.07. The Balaban J connectivity index is 1.54. The number of anilines is 2. The molecule has 1 N–H and O–H groups in total. The molecule has 138 valence electrons. The number of thiazole rings is 2. The number of aromatic nitrogens is 4. The molecule has 0 aromatic carbocycles. The van der Waals surface area contributed by atoms with Gasteiger partial charge in [0.1, 0.15) is 5.69 Å². The third-order valence-corrected chi connectivity index (χ3v) is 5.75. The highest BCUT2D eigenvalue weighted by Gasteiger charge is 2.32. The van der Waals surface area contributed by atoms with Gasteiger partial charge in [0.05, 0.1) is 16.7 Å². The van der Waals surface area contributed by atoms with Gasteiger partial charge in [0, 0.05) is 42.0 Å². The molecule has 3 aromatic rings. The second-order valence-corrected chi connectivity index (χ2v) is 8.02. The Kier molecular flexibility index (Phi) is 5.21. The lowest BCUT2D eigenvalue weighted by molar-refractivity contribution is -0.126. The molecule has 27 heavy (non-hydrogen) atoms. The molecule has 0 bridgehead atoms. The molecule has 1 fully saturated rings. The van der Waals surface area contributed by atoms with Crippen LogP contribution < -0.4 is 5.32 Å². The predicted octanol–water partition coefficient (Wildman–Crippen LogP) is 3.82. The molecule has 1 aliphatic rings. The van der Waals surface area contributed by atoms with E-state index in [9.17, 15) is 4.79 Å². The zero-order valence-electron chi connectivity index (χ0n) is 14.7. The van der Waals surface area contributed by atoms with E-state index in [0.717, 1.165) is 34.4 Å². The van der Waals surface area contributed by atoms with E-state index in [2.05, 4.69) is 25.3 Å². The molecule has 4 rings (SSSR count). The minimum absolute atomic E-state index is 0.0333. The molecule has 1 aliphatic heterocycles. The lowest BCUT2D eigenvalue weighted by Crippen LogP contribution is -2.30. The van der Waals surface area contributed by atoms with Crippen molar-refractivity contribution >= 4 is 45.6 Å². The van der Waals surface area contributed by atoms with Crippen LogP contribution in [0.5, 0.6) is 0 Å². The minimum atomic E-state index is -0.101. The topological polar surface area (TPSA) is 83.9 Å². The number of likely N-dealkylation sites (tertiary alicyclic amines) is 1. The largest absolute Gasteiger partial charge is 0.330 e. The Morgan fingerprint density at radius 1 is 1.26 bits per heavy atom. The van der Waals surface area contributed by atoms with Crippen LogP contribution in [-0.2, 0) is 4.79 Å². The van der Waals surface area contributed by atoms with Crippen molar-refractivity contribution in [3.8, 4) is 0 Å². The summed E-state index contributed by atoms with van der Waals surface area (Å²) in [6, 6.07) is -0.101. The van der Waals surface area contributed by atoms with Crippen molar-refractivity contribution in [1.82, 2.24) is 24.8 Å². The summed E-state index contributed by atoms with van der Waals surface area (Å²) < 4.78 is 0. The highest BCUT2D eigenvalue weighted by molar-refractivity contribution is 7.13. The molecule has 4 heterocycles. The zero-order chi connectivity index (χ0) is 18.6. The summed E-state index contributed by atoms with van der Waals surface area (Å²) in [5.41, 5.74) is 1.59. The fourth-order valence-corrected chi connectivity index (χ4v) is 4.21. The number of rotatable bonds is 5. The summed E-state index contributed by atoms with van der Waals surface area (Å²) in [4.78, 5) is 32.2. The summed E-state index contributed by atoms with van der Waals surface area (Å²) in [6.45, 7) is 2.66. The molecule has 7 nitrogen and oxygen atoms in total. The minimum Gasteiger partial charge on any atom is -0.330 e. The van der Waals surface area contributed by atoms with Gasteiger partial charge in [-0.1, -0.05) is 0 Å². The molecule has 0 spiro atoms. The Morgan fingerprint density at radius 2 is 2.15 bits per heavy atom. The highest BCUT2D eigenvalue weighted by atomic mass is 32.1. The first-order valence-electron chi connectivity index (χ1n) is 8.59. The molecular formula is C18H18N6OS2. The van der Waals surface area contributed by atoms with E-state index in [0.29, 0.717) is 12.4 Å². The lowest BCUT2D eigenvalue weighted by atomic mass is 10.1. The van der Waals surface area contributed by atoms with Gasteiger partial charge in [0.2, 0.25) is 5.91 Å².